The highest BCUT2D eigenvalue weighted by Gasteiger charge is 2.81. The van der Waals surface area contributed by atoms with Gasteiger partial charge < -0.3 is 5.32 Å². The summed E-state index contributed by atoms with van der Waals surface area (Å²) in [5.74, 6) is -7.60. The molecule has 2 aromatic rings. The first-order valence-electron chi connectivity index (χ1n) is 8.32. The van der Waals surface area contributed by atoms with Crippen LogP contribution in [-0.2, 0) is 4.79 Å². The zero-order valence-corrected chi connectivity index (χ0v) is 19.8. The SMILES string of the molecule is O=C=Nc1cccc(C(=O)Nc2c(Br)cc(SC(F)(C(F)(F)F)C(F)(F)C(F)(F)F)cc2Br)c1. The second-order valence-electron chi connectivity index (χ2n) is 6.24. The largest absolute Gasteiger partial charge is 0.458 e. The molecule has 1 atom stereocenters. The Morgan fingerprint density at radius 2 is 1.47 bits per heavy atom. The summed E-state index contributed by atoms with van der Waals surface area (Å²) in [7, 11) is 0. The van der Waals surface area contributed by atoms with Crippen LogP contribution in [0.1, 0.15) is 10.4 Å². The average Bonchev–Trinajstić information content (AvgIpc) is 2.69. The Balaban J connectivity index is 2.42. The standard InChI is InChI=1S/C18H7Br2F9N2O2S/c19-11-5-10(34-16(23,18(27,28)29)15(21,22)17(24,25)26)6-12(20)13(11)31-14(33)8-2-1-3-9(4-8)30-7-32/h1-6H,(H,31,33). The molecule has 0 radical (unpaired) electrons. The van der Waals surface area contributed by atoms with Crippen molar-refractivity contribution in [3.63, 3.8) is 0 Å². The summed E-state index contributed by atoms with van der Waals surface area (Å²) >= 11 is 4.30. The smallest absolute Gasteiger partial charge is 0.320 e. The minimum atomic E-state index is -6.84. The first kappa shape index (κ1) is 28.2. The quantitative estimate of drug-likeness (QED) is 0.150. The lowest BCUT2D eigenvalue weighted by Gasteiger charge is -2.35. The highest BCUT2D eigenvalue weighted by atomic mass is 79.9. The zero-order chi connectivity index (χ0) is 26.1. The first-order valence-corrected chi connectivity index (χ1v) is 10.7. The Kier molecular flexibility index (Phi) is 8.23. The van der Waals surface area contributed by atoms with Crippen LogP contribution in [0.4, 0.5) is 50.9 Å². The fraction of sp³-hybridized carbons (Fsp3) is 0.222. The minimum absolute atomic E-state index is 0.0292. The lowest BCUT2D eigenvalue weighted by atomic mass is 10.2. The predicted molar refractivity (Wildman–Crippen MR) is 111 cm³/mol. The van der Waals surface area contributed by atoms with Crippen LogP contribution in [0.25, 0.3) is 0 Å². The minimum Gasteiger partial charge on any atom is -0.320 e. The molecular weight excluding hydrogens is 639 g/mol. The number of carbonyl (C=O) groups excluding carboxylic acids is 2. The number of alkyl halides is 9. The highest BCUT2D eigenvalue weighted by Crippen LogP contribution is 2.60. The number of thioether (sulfide) groups is 1. The van der Waals surface area contributed by atoms with Gasteiger partial charge in [0.1, 0.15) is 0 Å². The number of amides is 1. The molecule has 16 heteroatoms. The third-order valence-electron chi connectivity index (χ3n) is 3.92. The third-order valence-corrected chi connectivity index (χ3v) is 6.41. The molecule has 0 saturated heterocycles. The zero-order valence-electron chi connectivity index (χ0n) is 15.8. The molecule has 1 amide bonds. The van der Waals surface area contributed by atoms with Crippen molar-refractivity contribution in [2.24, 2.45) is 4.99 Å². The van der Waals surface area contributed by atoms with Crippen molar-refractivity contribution < 1.29 is 49.1 Å². The van der Waals surface area contributed by atoms with Crippen LogP contribution in [0.5, 0.6) is 0 Å². The molecular formula is C18H7Br2F9N2O2S. The van der Waals surface area contributed by atoms with Gasteiger partial charge in [0.2, 0.25) is 6.08 Å². The second-order valence-corrected chi connectivity index (χ2v) is 9.18. The maximum atomic E-state index is 14.4. The molecule has 0 aliphatic rings. The van der Waals surface area contributed by atoms with Crippen LogP contribution in [0.3, 0.4) is 0 Å². The van der Waals surface area contributed by atoms with Gasteiger partial charge in [-0.3, -0.25) is 4.79 Å². The summed E-state index contributed by atoms with van der Waals surface area (Å²) in [6.07, 6.45) is -12.2. The molecule has 0 aromatic heterocycles. The van der Waals surface area contributed by atoms with Gasteiger partial charge in [-0.25, -0.2) is 9.18 Å². The average molecular weight is 646 g/mol. The van der Waals surface area contributed by atoms with Gasteiger partial charge >= 0.3 is 23.3 Å². The molecule has 34 heavy (non-hydrogen) atoms. The van der Waals surface area contributed by atoms with Crippen molar-refractivity contribution in [1.29, 1.82) is 0 Å². The summed E-state index contributed by atoms with van der Waals surface area (Å²) in [5, 5.41) is -3.74. The number of anilines is 1. The number of nitrogens with zero attached hydrogens (tertiary/aromatic N) is 1. The summed E-state index contributed by atoms with van der Waals surface area (Å²) in [5.41, 5.74) is -0.124. The van der Waals surface area contributed by atoms with E-state index in [1.165, 1.54) is 30.3 Å². The van der Waals surface area contributed by atoms with E-state index in [1.807, 2.05) is 0 Å². The molecule has 0 spiro atoms. The number of rotatable bonds is 6. The number of carbonyl (C=O) groups is 1. The van der Waals surface area contributed by atoms with E-state index in [1.54, 1.807) is 0 Å². The summed E-state index contributed by atoms with van der Waals surface area (Å²) < 4.78 is 118. The molecule has 2 rings (SSSR count). The van der Waals surface area contributed by atoms with Gasteiger partial charge in [0.05, 0.1) is 11.4 Å². The summed E-state index contributed by atoms with van der Waals surface area (Å²) in [6.45, 7) is 0. The maximum Gasteiger partial charge on any atom is 0.458 e. The van der Waals surface area contributed by atoms with E-state index >= 15 is 0 Å². The van der Waals surface area contributed by atoms with Crippen LogP contribution in [0, 0.1) is 0 Å². The normalized spacial score (nSPS) is 14.2. The van der Waals surface area contributed by atoms with E-state index in [2.05, 4.69) is 42.2 Å². The molecule has 0 aliphatic heterocycles. The summed E-state index contributed by atoms with van der Waals surface area (Å²) in [6, 6.07) is 6.47. The van der Waals surface area contributed by atoms with Gasteiger partial charge in [0.15, 0.2) is 0 Å². The lowest BCUT2D eigenvalue weighted by Crippen LogP contribution is -2.60. The molecule has 0 fully saturated rings. The number of benzene rings is 2. The molecule has 184 valence electrons. The van der Waals surface area contributed by atoms with E-state index in [0.717, 1.165) is 0 Å². The molecule has 2 aromatic carbocycles. The Labute approximate surface area is 205 Å². The van der Waals surface area contributed by atoms with Gasteiger partial charge in [0, 0.05) is 19.4 Å². The van der Waals surface area contributed by atoms with Crippen LogP contribution >= 0.6 is 43.6 Å². The number of halogens is 11. The second kappa shape index (κ2) is 9.91. The fourth-order valence-corrected chi connectivity index (χ4v) is 5.05. The Morgan fingerprint density at radius 3 is 1.94 bits per heavy atom. The Morgan fingerprint density at radius 1 is 0.912 bits per heavy atom. The van der Waals surface area contributed by atoms with Crippen LogP contribution in [0.2, 0.25) is 0 Å². The molecule has 0 heterocycles. The molecule has 4 nitrogen and oxygen atoms in total. The Bertz CT molecular complexity index is 1130. The monoisotopic (exact) mass is 644 g/mol. The molecule has 1 N–H and O–H groups in total. The van der Waals surface area contributed by atoms with E-state index in [0.29, 0.717) is 12.1 Å². The van der Waals surface area contributed by atoms with E-state index in [-0.39, 0.29) is 25.9 Å². The molecule has 0 bridgehead atoms. The number of nitrogens with one attached hydrogen (secondary N) is 1. The van der Waals surface area contributed by atoms with Crippen molar-refractivity contribution in [3.8, 4) is 0 Å². The van der Waals surface area contributed by atoms with E-state index < -0.39 is 45.8 Å². The van der Waals surface area contributed by atoms with Crippen molar-refractivity contribution >= 4 is 67.0 Å². The van der Waals surface area contributed by atoms with Crippen molar-refractivity contribution in [1.82, 2.24) is 0 Å². The van der Waals surface area contributed by atoms with Gasteiger partial charge in [-0.15, -0.1) is 0 Å². The molecule has 0 saturated carbocycles. The molecule has 1 unspecified atom stereocenters. The summed E-state index contributed by atoms with van der Waals surface area (Å²) in [4.78, 5) is 25.1. The number of hydrogen-bond acceptors (Lipinski definition) is 4. The van der Waals surface area contributed by atoms with Crippen LogP contribution < -0.4 is 5.32 Å². The maximum absolute atomic E-state index is 14.4. The van der Waals surface area contributed by atoms with Crippen molar-refractivity contribution in [3.05, 3.63) is 50.9 Å². The van der Waals surface area contributed by atoms with Crippen molar-refractivity contribution in [2.45, 2.75) is 28.2 Å². The first-order chi connectivity index (χ1) is 15.4. The topological polar surface area (TPSA) is 58.5 Å². The molecule has 0 aliphatic carbocycles. The van der Waals surface area contributed by atoms with Crippen molar-refractivity contribution in [2.75, 3.05) is 5.32 Å². The van der Waals surface area contributed by atoms with Gasteiger partial charge in [-0.2, -0.15) is 40.1 Å². The van der Waals surface area contributed by atoms with E-state index in [9.17, 15) is 49.1 Å². The van der Waals surface area contributed by atoms with Crippen LogP contribution in [-0.4, -0.2) is 35.3 Å². The fourth-order valence-electron chi connectivity index (χ4n) is 2.33. The highest BCUT2D eigenvalue weighted by molar-refractivity contribution is 9.11. The number of aliphatic imine (C=N–C) groups is 1. The van der Waals surface area contributed by atoms with Crippen LogP contribution in [0.15, 0.2) is 55.2 Å². The van der Waals surface area contributed by atoms with Gasteiger partial charge in [-0.1, -0.05) is 17.8 Å². The lowest BCUT2D eigenvalue weighted by molar-refractivity contribution is -0.356. The van der Waals surface area contributed by atoms with E-state index in [4.69, 9.17) is 0 Å². The van der Waals surface area contributed by atoms with Gasteiger partial charge in [-0.05, 0) is 62.2 Å². The number of isocyanates is 1. The third kappa shape index (κ3) is 5.61. The number of hydrogen-bond donors (Lipinski definition) is 1. The Hall–Kier alpha value is -2.03. The predicted octanol–water partition coefficient (Wildman–Crippen LogP) is 7.95. The van der Waals surface area contributed by atoms with Gasteiger partial charge in [0.25, 0.3) is 5.91 Å².